The number of nitrogens with zero attached hydrogens (tertiary/aromatic N) is 1. The van der Waals surface area contributed by atoms with E-state index in [2.05, 4.69) is 6.07 Å². The predicted molar refractivity (Wildman–Crippen MR) is 69.4 cm³/mol. The minimum Gasteiger partial charge on any atom is -0.207 e. The monoisotopic (exact) mass is 257 g/mol. The van der Waals surface area contributed by atoms with Gasteiger partial charge in [-0.25, -0.2) is 8.78 Å². The molecule has 19 heavy (non-hydrogen) atoms. The summed E-state index contributed by atoms with van der Waals surface area (Å²) in [4.78, 5) is 0. The zero-order valence-electron chi connectivity index (χ0n) is 10.5. The van der Waals surface area contributed by atoms with Crippen molar-refractivity contribution < 1.29 is 8.78 Å². The molecular formula is C16H13F2N. The van der Waals surface area contributed by atoms with E-state index in [9.17, 15) is 8.78 Å². The average Bonchev–Trinajstić information content (AvgIpc) is 2.39. The fourth-order valence-corrected chi connectivity index (χ4v) is 2.24. The van der Waals surface area contributed by atoms with Crippen LogP contribution >= 0.6 is 0 Å². The zero-order valence-corrected chi connectivity index (χ0v) is 10.5. The van der Waals surface area contributed by atoms with E-state index < -0.39 is 0 Å². The summed E-state index contributed by atoms with van der Waals surface area (Å²) in [6, 6.07) is 14.4. The van der Waals surface area contributed by atoms with Crippen molar-refractivity contribution in [2.24, 2.45) is 5.92 Å². The second-order valence-electron chi connectivity index (χ2n) is 4.51. The molecule has 2 rings (SSSR count). The molecule has 1 nitrogen and oxygen atoms in total. The molecule has 0 aliphatic rings. The van der Waals surface area contributed by atoms with Gasteiger partial charge in [0.1, 0.15) is 11.6 Å². The van der Waals surface area contributed by atoms with Crippen LogP contribution in [0.3, 0.4) is 0 Å². The molecule has 0 aliphatic carbocycles. The van der Waals surface area contributed by atoms with Crippen LogP contribution < -0.4 is 0 Å². The van der Waals surface area contributed by atoms with E-state index in [1.165, 1.54) is 24.3 Å². The minimum absolute atomic E-state index is 0.337. The van der Waals surface area contributed by atoms with Gasteiger partial charge in [-0.05, 0) is 42.3 Å². The van der Waals surface area contributed by atoms with E-state index in [0.717, 1.165) is 0 Å². The molecule has 0 aromatic heterocycles. The van der Waals surface area contributed by atoms with Gasteiger partial charge in [0.2, 0.25) is 0 Å². The first kappa shape index (κ1) is 13.2. The topological polar surface area (TPSA) is 23.8 Å². The van der Waals surface area contributed by atoms with Gasteiger partial charge < -0.3 is 0 Å². The van der Waals surface area contributed by atoms with Crippen LogP contribution in [0.1, 0.15) is 24.0 Å². The molecule has 0 fully saturated rings. The normalized spacial score (nSPS) is 12.2. The van der Waals surface area contributed by atoms with Crippen LogP contribution in [0.25, 0.3) is 0 Å². The molecule has 0 spiro atoms. The lowest BCUT2D eigenvalue weighted by Gasteiger charge is -2.20. The lowest BCUT2D eigenvalue weighted by molar-refractivity contribution is 0.595. The van der Waals surface area contributed by atoms with Gasteiger partial charge in [-0.1, -0.05) is 24.3 Å². The third-order valence-electron chi connectivity index (χ3n) is 3.12. The molecule has 1 atom stereocenters. The Kier molecular flexibility index (Phi) is 3.91. The van der Waals surface area contributed by atoms with E-state index in [-0.39, 0.29) is 23.5 Å². The van der Waals surface area contributed by atoms with E-state index >= 15 is 0 Å². The minimum atomic E-state index is -0.372. The van der Waals surface area contributed by atoms with Crippen LogP contribution in [-0.4, -0.2) is 0 Å². The van der Waals surface area contributed by atoms with Crippen LogP contribution in [0.4, 0.5) is 8.78 Å². The molecular weight excluding hydrogens is 244 g/mol. The smallest absolute Gasteiger partial charge is 0.123 e. The highest BCUT2D eigenvalue weighted by Crippen LogP contribution is 2.32. The zero-order chi connectivity index (χ0) is 13.8. The fourth-order valence-electron chi connectivity index (χ4n) is 2.24. The van der Waals surface area contributed by atoms with Gasteiger partial charge in [-0.15, -0.1) is 0 Å². The molecule has 0 bridgehead atoms. The Hall–Kier alpha value is -2.21. The maximum atomic E-state index is 13.3. The van der Waals surface area contributed by atoms with Crippen LogP contribution in [0, 0.1) is 28.9 Å². The number of benzene rings is 2. The molecule has 0 unspecified atom stereocenters. The fraction of sp³-hybridized carbons (Fsp3) is 0.188. The second-order valence-corrected chi connectivity index (χ2v) is 4.51. The summed E-state index contributed by atoms with van der Waals surface area (Å²) < 4.78 is 26.7. The Morgan fingerprint density at radius 3 is 1.79 bits per heavy atom. The quantitative estimate of drug-likeness (QED) is 0.806. The Labute approximate surface area is 111 Å². The van der Waals surface area contributed by atoms with Crippen LogP contribution in [0.2, 0.25) is 0 Å². The molecule has 0 heterocycles. The van der Waals surface area contributed by atoms with Gasteiger partial charge in [0, 0.05) is 5.92 Å². The number of halogens is 2. The summed E-state index contributed by atoms with van der Waals surface area (Å²) in [5, 5.41) is 9.13. The predicted octanol–water partition coefficient (Wildman–Crippen LogP) is 4.26. The Bertz CT molecular complexity index is 571. The first-order chi connectivity index (χ1) is 9.11. The van der Waals surface area contributed by atoms with Gasteiger partial charge in [-0.3, -0.25) is 0 Å². The van der Waals surface area contributed by atoms with Crippen molar-refractivity contribution in [3.8, 4) is 6.07 Å². The van der Waals surface area contributed by atoms with Crippen molar-refractivity contribution >= 4 is 0 Å². The van der Waals surface area contributed by atoms with E-state index in [1.807, 2.05) is 0 Å². The van der Waals surface area contributed by atoms with Crippen LogP contribution in [-0.2, 0) is 0 Å². The van der Waals surface area contributed by atoms with Crippen molar-refractivity contribution in [3.05, 3.63) is 71.3 Å². The van der Waals surface area contributed by atoms with Gasteiger partial charge in [0.15, 0.2) is 0 Å². The Morgan fingerprint density at radius 2 is 1.42 bits per heavy atom. The van der Waals surface area contributed by atoms with Gasteiger partial charge in [-0.2, -0.15) is 5.26 Å². The molecule has 96 valence electrons. The summed E-state index contributed by atoms with van der Waals surface area (Å²) in [6.07, 6.45) is 0. The van der Waals surface area contributed by atoms with Gasteiger partial charge in [0.25, 0.3) is 0 Å². The van der Waals surface area contributed by atoms with Crippen LogP contribution in [0.15, 0.2) is 48.5 Å². The standard InChI is InChI=1S/C16H13F2N/c1-11(10-19)16(12-4-2-6-14(17)8-12)13-5-3-7-15(18)9-13/h2-9,11,16H,1H3/t11-/m1/s1. The van der Waals surface area contributed by atoms with E-state index in [4.69, 9.17) is 5.26 Å². The van der Waals surface area contributed by atoms with Crippen LogP contribution in [0.5, 0.6) is 0 Å². The summed E-state index contributed by atoms with van der Waals surface area (Å²) in [6.45, 7) is 1.75. The van der Waals surface area contributed by atoms with Crippen molar-refractivity contribution in [1.82, 2.24) is 0 Å². The SMILES string of the molecule is C[C@H](C#N)C(c1cccc(F)c1)c1cccc(F)c1. The van der Waals surface area contributed by atoms with E-state index in [0.29, 0.717) is 11.1 Å². The molecule has 2 aromatic carbocycles. The second kappa shape index (κ2) is 5.62. The molecule has 2 aromatic rings. The first-order valence-corrected chi connectivity index (χ1v) is 6.02. The number of rotatable bonds is 3. The molecule has 3 heteroatoms. The first-order valence-electron chi connectivity index (χ1n) is 6.02. The third-order valence-corrected chi connectivity index (χ3v) is 3.12. The summed E-state index contributed by atoms with van der Waals surface area (Å²) in [7, 11) is 0. The molecule has 0 radical (unpaired) electrons. The van der Waals surface area contributed by atoms with Gasteiger partial charge >= 0.3 is 0 Å². The van der Waals surface area contributed by atoms with Gasteiger partial charge in [0.05, 0.1) is 12.0 Å². The highest BCUT2D eigenvalue weighted by molar-refractivity contribution is 5.35. The number of hydrogen-bond donors (Lipinski definition) is 0. The average molecular weight is 257 g/mol. The van der Waals surface area contributed by atoms with Crippen molar-refractivity contribution in [1.29, 1.82) is 5.26 Å². The summed E-state index contributed by atoms with van der Waals surface area (Å²) >= 11 is 0. The molecule has 0 amide bonds. The van der Waals surface area contributed by atoms with Crippen molar-refractivity contribution in [3.63, 3.8) is 0 Å². The molecule has 0 aliphatic heterocycles. The maximum absolute atomic E-state index is 13.3. The summed E-state index contributed by atoms with van der Waals surface area (Å²) in [5.74, 6) is -1.42. The molecule has 0 saturated carbocycles. The lowest BCUT2D eigenvalue weighted by Crippen LogP contribution is -2.10. The van der Waals surface area contributed by atoms with Crippen molar-refractivity contribution in [2.75, 3.05) is 0 Å². The number of nitriles is 1. The van der Waals surface area contributed by atoms with E-state index in [1.54, 1.807) is 31.2 Å². The third kappa shape index (κ3) is 2.97. The Morgan fingerprint density at radius 1 is 0.947 bits per heavy atom. The summed E-state index contributed by atoms with van der Waals surface area (Å²) in [5.41, 5.74) is 1.36. The molecule has 0 N–H and O–H groups in total. The Balaban J connectivity index is 2.51. The highest BCUT2D eigenvalue weighted by atomic mass is 19.1. The molecule has 0 saturated heterocycles. The maximum Gasteiger partial charge on any atom is 0.123 e. The lowest BCUT2D eigenvalue weighted by atomic mass is 9.82. The largest absolute Gasteiger partial charge is 0.207 e. The number of hydrogen-bond acceptors (Lipinski definition) is 1. The highest BCUT2D eigenvalue weighted by Gasteiger charge is 2.22. The van der Waals surface area contributed by atoms with Crippen molar-refractivity contribution in [2.45, 2.75) is 12.8 Å².